The molecule has 0 saturated carbocycles. The highest BCUT2D eigenvalue weighted by atomic mass is 16.7. The van der Waals surface area contributed by atoms with E-state index in [1.165, 1.54) is 23.6 Å². The summed E-state index contributed by atoms with van der Waals surface area (Å²) in [6.45, 7) is 8.50. The fourth-order valence-corrected chi connectivity index (χ4v) is 1.91. The molecule has 0 amide bonds. The summed E-state index contributed by atoms with van der Waals surface area (Å²) in [6.07, 6.45) is -1.23. The molecule has 0 saturated heterocycles. The number of aliphatic carboxylic acids is 1. The Morgan fingerprint density at radius 1 is 1.30 bits per heavy atom. The number of hydrogen-bond acceptors (Lipinski definition) is 4. The van der Waals surface area contributed by atoms with Crippen molar-refractivity contribution >= 4 is 5.97 Å². The molecule has 1 atom stereocenters. The van der Waals surface area contributed by atoms with Crippen molar-refractivity contribution in [3.63, 3.8) is 0 Å². The van der Waals surface area contributed by atoms with Crippen LogP contribution in [0.25, 0.3) is 11.1 Å². The third kappa shape index (κ3) is 3.56. The highest BCUT2D eigenvalue weighted by molar-refractivity contribution is 5.81. The highest BCUT2D eigenvalue weighted by Crippen LogP contribution is 2.44. The molecule has 20 heavy (non-hydrogen) atoms. The lowest BCUT2D eigenvalue weighted by Gasteiger charge is -2.36. The lowest BCUT2D eigenvalue weighted by Crippen LogP contribution is -2.32. The maximum absolute atomic E-state index is 9.45. The second kappa shape index (κ2) is 6.83. The molecular formula is C15H22O5. The molecule has 0 heterocycles. The molecule has 0 aromatic heterocycles. The van der Waals surface area contributed by atoms with Gasteiger partial charge in [-0.15, -0.1) is 0 Å². The first-order valence-corrected chi connectivity index (χ1v) is 6.69. The Bertz CT molecular complexity index is 461. The van der Waals surface area contributed by atoms with Gasteiger partial charge >= 0.3 is 5.97 Å². The van der Waals surface area contributed by atoms with Gasteiger partial charge in [0.25, 0.3) is 0 Å². The van der Waals surface area contributed by atoms with E-state index in [0.717, 1.165) is 0 Å². The van der Waals surface area contributed by atoms with Crippen LogP contribution in [0.1, 0.15) is 33.3 Å². The van der Waals surface area contributed by atoms with E-state index < -0.39 is 17.9 Å². The molecule has 112 valence electrons. The van der Waals surface area contributed by atoms with Gasteiger partial charge in [0.15, 0.2) is 5.79 Å². The monoisotopic (exact) mass is 282 g/mol. The van der Waals surface area contributed by atoms with Crippen molar-refractivity contribution in [1.29, 1.82) is 0 Å². The fraction of sp³-hybridized carbons (Fsp3) is 0.533. The SMILES string of the molecule is CC(O)C(=O)O.CCOC(C)(OCC)c1cc2ccc1-2. The minimum Gasteiger partial charge on any atom is -0.479 e. The van der Waals surface area contributed by atoms with Crippen LogP contribution in [0.3, 0.4) is 0 Å². The van der Waals surface area contributed by atoms with Gasteiger partial charge in [0, 0.05) is 18.8 Å². The molecule has 0 spiro atoms. The molecule has 0 aromatic carbocycles. The van der Waals surface area contributed by atoms with E-state index in [0.29, 0.717) is 13.2 Å². The van der Waals surface area contributed by atoms with Gasteiger partial charge in [-0.3, -0.25) is 0 Å². The van der Waals surface area contributed by atoms with E-state index in [9.17, 15) is 4.79 Å². The Kier molecular flexibility index (Phi) is 5.68. The van der Waals surface area contributed by atoms with Crippen molar-refractivity contribution in [3.8, 4) is 11.1 Å². The number of ether oxygens (including phenoxy) is 2. The number of rotatable bonds is 6. The lowest BCUT2D eigenvalue weighted by atomic mass is 9.83. The zero-order valence-electron chi connectivity index (χ0n) is 12.3. The first kappa shape index (κ1) is 16.6. The molecule has 5 heteroatoms. The van der Waals surface area contributed by atoms with Gasteiger partial charge < -0.3 is 19.7 Å². The topological polar surface area (TPSA) is 76.0 Å². The Morgan fingerprint density at radius 3 is 2.00 bits per heavy atom. The maximum Gasteiger partial charge on any atom is 0.332 e. The molecule has 2 aliphatic rings. The van der Waals surface area contributed by atoms with Crippen molar-refractivity contribution in [3.05, 3.63) is 23.8 Å². The number of carbonyl (C=O) groups is 1. The van der Waals surface area contributed by atoms with Crippen molar-refractivity contribution in [2.75, 3.05) is 13.2 Å². The number of aliphatic hydroxyl groups is 1. The van der Waals surface area contributed by atoms with E-state index in [-0.39, 0.29) is 0 Å². The first-order chi connectivity index (χ1) is 9.35. The van der Waals surface area contributed by atoms with Gasteiger partial charge in [-0.2, -0.15) is 0 Å². The second-order valence-electron chi connectivity index (χ2n) is 4.59. The predicted molar refractivity (Wildman–Crippen MR) is 75.4 cm³/mol. The Balaban J connectivity index is 0.000000286. The number of carboxylic acid groups (broad SMARTS) is 1. The lowest BCUT2D eigenvalue weighted by molar-refractivity contribution is -0.230. The van der Waals surface area contributed by atoms with Crippen LogP contribution in [-0.2, 0) is 20.1 Å². The van der Waals surface area contributed by atoms with Crippen molar-refractivity contribution in [1.82, 2.24) is 0 Å². The van der Waals surface area contributed by atoms with Gasteiger partial charge in [-0.05, 0) is 44.9 Å². The van der Waals surface area contributed by atoms with Gasteiger partial charge in [0.1, 0.15) is 6.10 Å². The summed E-state index contributed by atoms with van der Waals surface area (Å²) in [5.74, 6) is -1.73. The van der Waals surface area contributed by atoms with Crippen LogP contribution in [0, 0.1) is 0 Å². The largest absolute Gasteiger partial charge is 0.479 e. The molecule has 5 nitrogen and oxygen atoms in total. The average molecular weight is 282 g/mol. The molecule has 2 N–H and O–H groups in total. The Labute approximate surface area is 119 Å². The summed E-state index contributed by atoms with van der Waals surface area (Å²) in [4.78, 5) is 9.45. The van der Waals surface area contributed by atoms with Gasteiger partial charge in [0.2, 0.25) is 0 Å². The Hall–Kier alpha value is -1.43. The summed E-state index contributed by atoms with van der Waals surface area (Å²) in [5.41, 5.74) is 3.80. The van der Waals surface area contributed by atoms with E-state index in [1.807, 2.05) is 20.8 Å². The van der Waals surface area contributed by atoms with E-state index in [1.54, 1.807) is 0 Å². The number of aliphatic hydroxyl groups excluding tert-OH is 1. The zero-order valence-corrected chi connectivity index (χ0v) is 12.3. The van der Waals surface area contributed by atoms with Crippen LogP contribution < -0.4 is 0 Å². The third-order valence-electron chi connectivity index (χ3n) is 3.02. The average Bonchev–Trinajstić information content (AvgIpc) is 2.34. The molecule has 1 unspecified atom stereocenters. The number of carboxylic acids is 1. The molecular weight excluding hydrogens is 260 g/mol. The van der Waals surface area contributed by atoms with Crippen molar-refractivity contribution in [2.45, 2.75) is 39.6 Å². The van der Waals surface area contributed by atoms with E-state index in [2.05, 4.69) is 18.2 Å². The fourth-order valence-electron chi connectivity index (χ4n) is 1.91. The van der Waals surface area contributed by atoms with Gasteiger partial charge in [0.05, 0.1) is 0 Å². The summed E-state index contributed by atoms with van der Waals surface area (Å²) < 4.78 is 11.3. The van der Waals surface area contributed by atoms with Crippen LogP contribution in [0.5, 0.6) is 0 Å². The van der Waals surface area contributed by atoms with Gasteiger partial charge in [-0.25, -0.2) is 4.79 Å². The molecule has 0 bridgehead atoms. The zero-order chi connectivity index (χ0) is 15.3. The van der Waals surface area contributed by atoms with Gasteiger partial charge in [-0.1, -0.05) is 12.1 Å². The molecule has 0 fully saturated rings. The molecule has 2 aliphatic carbocycles. The van der Waals surface area contributed by atoms with E-state index >= 15 is 0 Å². The summed E-state index contributed by atoms with van der Waals surface area (Å²) in [7, 11) is 0. The quantitative estimate of drug-likeness (QED) is 0.795. The van der Waals surface area contributed by atoms with Crippen molar-refractivity contribution < 1.29 is 24.5 Å². The molecule has 0 aromatic rings. The molecule has 0 radical (unpaired) electrons. The van der Waals surface area contributed by atoms with Crippen LogP contribution in [0.4, 0.5) is 0 Å². The maximum atomic E-state index is 9.45. The minimum absolute atomic E-state index is 0.549. The summed E-state index contributed by atoms with van der Waals surface area (Å²) >= 11 is 0. The molecule has 2 rings (SSSR count). The Morgan fingerprint density at radius 2 is 1.80 bits per heavy atom. The van der Waals surface area contributed by atoms with Crippen LogP contribution >= 0.6 is 0 Å². The predicted octanol–water partition coefficient (Wildman–Crippen LogP) is 2.36. The number of benzene rings is 1. The standard InChI is InChI=1S/C12H16O2.C3H6O3/c1-4-13-12(3,14-5-2)11-8-9-6-7-10(9)11;1-2(4)3(5)6/h6-8H,4-5H2,1-3H3;2,4H,1H3,(H,5,6). The van der Waals surface area contributed by atoms with Crippen LogP contribution in [0.15, 0.2) is 18.2 Å². The third-order valence-corrected chi connectivity index (χ3v) is 3.02. The van der Waals surface area contributed by atoms with Crippen molar-refractivity contribution in [2.24, 2.45) is 0 Å². The highest BCUT2D eigenvalue weighted by Gasteiger charge is 2.35. The smallest absolute Gasteiger partial charge is 0.332 e. The summed E-state index contributed by atoms with van der Waals surface area (Å²) in [5, 5.41) is 15.8. The van der Waals surface area contributed by atoms with Crippen LogP contribution in [-0.4, -0.2) is 35.5 Å². The molecule has 0 aliphatic heterocycles. The normalized spacial score (nSPS) is 13.2. The van der Waals surface area contributed by atoms with E-state index in [4.69, 9.17) is 19.7 Å². The van der Waals surface area contributed by atoms with Crippen LogP contribution in [0.2, 0.25) is 0 Å². The number of hydrogen-bond donors (Lipinski definition) is 2. The first-order valence-electron chi connectivity index (χ1n) is 6.69. The number of fused-ring (bicyclic) bond motifs is 1. The second-order valence-corrected chi connectivity index (χ2v) is 4.59. The minimum atomic E-state index is -1.23. The summed E-state index contributed by atoms with van der Waals surface area (Å²) in [6, 6.07) is 6.36.